The van der Waals surface area contributed by atoms with Gasteiger partial charge in [0.05, 0.1) is 17.1 Å². The Balaban J connectivity index is 3.01. The van der Waals surface area contributed by atoms with Gasteiger partial charge in [-0.1, -0.05) is 0 Å². The molecule has 0 saturated carbocycles. The zero-order valence-corrected chi connectivity index (χ0v) is 9.50. The predicted octanol–water partition coefficient (Wildman–Crippen LogP) is 1.09. The fourth-order valence-corrected chi connectivity index (χ4v) is 1.34. The third-order valence-corrected chi connectivity index (χ3v) is 2.16. The molecular weight excluding hydrogens is 255 g/mol. The zero-order chi connectivity index (χ0) is 14.1. The second kappa shape index (κ2) is 4.67. The third kappa shape index (κ3) is 2.99. The van der Waals surface area contributed by atoms with E-state index in [1.54, 1.807) is 5.32 Å². The second-order valence-corrected chi connectivity index (χ2v) is 3.55. The van der Waals surface area contributed by atoms with E-state index in [2.05, 4.69) is 5.10 Å². The number of carbonyl (C=O) groups excluding carboxylic acids is 1. The monoisotopic (exact) mass is 265 g/mol. The van der Waals surface area contributed by atoms with Crippen molar-refractivity contribution in [3.8, 4) is 0 Å². The highest BCUT2D eigenvalue weighted by molar-refractivity contribution is 5.95. The van der Waals surface area contributed by atoms with Gasteiger partial charge in [-0.05, 0) is 13.8 Å². The van der Waals surface area contributed by atoms with Crippen LogP contribution in [0.5, 0.6) is 0 Å². The SMILES string of the molecule is Cc1nn(CC(=O)O)c(C)c1NC(=O)C(F)(F)F. The number of aromatic nitrogens is 2. The number of alkyl halides is 3. The molecule has 0 spiro atoms. The molecule has 1 rings (SSSR count). The molecule has 1 heterocycles. The molecule has 100 valence electrons. The molecule has 1 amide bonds. The number of carboxylic acids is 1. The van der Waals surface area contributed by atoms with Crippen molar-refractivity contribution in [3.63, 3.8) is 0 Å². The number of halogens is 3. The molecule has 0 saturated heterocycles. The van der Waals surface area contributed by atoms with Gasteiger partial charge in [-0.15, -0.1) is 0 Å². The number of carboxylic acid groups (broad SMARTS) is 1. The van der Waals surface area contributed by atoms with E-state index < -0.39 is 24.6 Å². The maximum absolute atomic E-state index is 12.1. The largest absolute Gasteiger partial charge is 0.480 e. The molecular formula is C9H10F3N3O3. The van der Waals surface area contributed by atoms with Crippen LogP contribution < -0.4 is 5.32 Å². The Labute approximate surface area is 99.4 Å². The van der Waals surface area contributed by atoms with Crippen molar-refractivity contribution in [2.75, 3.05) is 5.32 Å². The number of nitrogens with one attached hydrogen (secondary N) is 1. The number of hydrogen-bond donors (Lipinski definition) is 2. The number of hydrogen-bond acceptors (Lipinski definition) is 3. The number of aliphatic carboxylic acids is 1. The fourth-order valence-electron chi connectivity index (χ4n) is 1.34. The minimum Gasteiger partial charge on any atom is -0.480 e. The van der Waals surface area contributed by atoms with Crippen molar-refractivity contribution < 1.29 is 27.9 Å². The molecule has 0 unspecified atom stereocenters. The summed E-state index contributed by atoms with van der Waals surface area (Å²) in [7, 11) is 0. The first-order valence-electron chi connectivity index (χ1n) is 4.77. The van der Waals surface area contributed by atoms with Crippen molar-refractivity contribution in [1.82, 2.24) is 9.78 Å². The quantitative estimate of drug-likeness (QED) is 0.856. The lowest BCUT2D eigenvalue weighted by Crippen LogP contribution is -2.30. The lowest BCUT2D eigenvalue weighted by Gasteiger charge is -2.08. The van der Waals surface area contributed by atoms with Gasteiger partial charge < -0.3 is 10.4 Å². The highest BCUT2D eigenvalue weighted by Gasteiger charge is 2.39. The smallest absolute Gasteiger partial charge is 0.471 e. The Morgan fingerprint density at radius 2 is 1.94 bits per heavy atom. The number of carbonyl (C=O) groups is 2. The first kappa shape index (κ1) is 14.0. The van der Waals surface area contributed by atoms with Crippen LogP contribution in [0.25, 0.3) is 0 Å². The summed E-state index contributed by atoms with van der Waals surface area (Å²) in [6, 6.07) is 0. The van der Waals surface area contributed by atoms with E-state index in [0.717, 1.165) is 4.68 Å². The fraction of sp³-hybridized carbons (Fsp3) is 0.444. The zero-order valence-electron chi connectivity index (χ0n) is 9.50. The van der Waals surface area contributed by atoms with Gasteiger partial charge in [0.15, 0.2) is 0 Å². The standard InChI is InChI=1S/C9H10F3N3O3/c1-4-7(13-8(18)9(10,11)12)5(2)15(14-4)3-6(16)17/h3H2,1-2H3,(H,13,18)(H,16,17). The number of amides is 1. The molecule has 0 aromatic carbocycles. The van der Waals surface area contributed by atoms with E-state index >= 15 is 0 Å². The number of nitrogens with zero attached hydrogens (tertiary/aromatic N) is 2. The highest BCUT2D eigenvalue weighted by Crippen LogP contribution is 2.23. The molecule has 0 bridgehead atoms. The number of aryl methyl sites for hydroxylation is 1. The van der Waals surface area contributed by atoms with Gasteiger partial charge in [-0.3, -0.25) is 14.3 Å². The normalized spacial score (nSPS) is 11.4. The number of rotatable bonds is 3. The molecule has 0 aliphatic rings. The maximum atomic E-state index is 12.1. The summed E-state index contributed by atoms with van der Waals surface area (Å²) < 4.78 is 37.2. The minimum atomic E-state index is -5.01. The average molecular weight is 265 g/mol. The van der Waals surface area contributed by atoms with Crippen molar-refractivity contribution in [3.05, 3.63) is 11.4 Å². The summed E-state index contributed by atoms with van der Waals surface area (Å²) >= 11 is 0. The molecule has 0 fully saturated rings. The summed E-state index contributed by atoms with van der Waals surface area (Å²) in [5.74, 6) is -3.31. The lowest BCUT2D eigenvalue weighted by molar-refractivity contribution is -0.167. The van der Waals surface area contributed by atoms with E-state index in [4.69, 9.17) is 5.11 Å². The first-order valence-corrected chi connectivity index (χ1v) is 4.77. The Morgan fingerprint density at radius 1 is 1.39 bits per heavy atom. The molecule has 0 atom stereocenters. The van der Waals surface area contributed by atoms with E-state index in [0.29, 0.717) is 0 Å². The van der Waals surface area contributed by atoms with Crippen LogP contribution in [0.15, 0.2) is 0 Å². The Morgan fingerprint density at radius 3 is 2.39 bits per heavy atom. The van der Waals surface area contributed by atoms with Crippen molar-refractivity contribution in [1.29, 1.82) is 0 Å². The predicted molar refractivity (Wildman–Crippen MR) is 54.0 cm³/mol. The van der Waals surface area contributed by atoms with Crippen molar-refractivity contribution in [2.45, 2.75) is 26.6 Å². The third-order valence-electron chi connectivity index (χ3n) is 2.16. The summed E-state index contributed by atoms with van der Waals surface area (Å²) in [5.41, 5.74) is 0.137. The van der Waals surface area contributed by atoms with E-state index in [9.17, 15) is 22.8 Å². The lowest BCUT2D eigenvalue weighted by atomic mass is 10.3. The molecule has 6 nitrogen and oxygen atoms in total. The Bertz CT molecular complexity index is 493. The van der Waals surface area contributed by atoms with Gasteiger partial charge in [0.1, 0.15) is 6.54 Å². The van der Waals surface area contributed by atoms with Crippen LogP contribution in [0, 0.1) is 13.8 Å². The van der Waals surface area contributed by atoms with Crippen LogP contribution in [0.4, 0.5) is 18.9 Å². The van der Waals surface area contributed by atoms with Gasteiger partial charge in [0, 0.05) is 0 Å². The molecule has 1 aromatic rings. The van der Waals surface area contributed by atoms with Crippen molar-refractivity contribution >= 4 is 17.6 Å². The number of anilines is 1. The van der Waals surface area contributed by atoms with Crippen LogP contribution in [0.2, 0.25) is 0 Å². The van der Waals surface area contributed by atoms with E-state index in [1.807, 2.05) is 0 Å². The summed E-state index contributed by atoms with van der Waals surface area (Å²) in [5, 5.41) is 14.0. The van der Waals surface area contributed by atoms with Crippen LogP contribution in [-0.4, -0.2) is 32.9 Å². The molecule has 18 heavy (non-hydrogen) atoms. The van der Waals surface area contributed by atoms with Gasteiger partial charge in [-0.25, -0.2) is 0 Å². The van der Waals surface area contributed by atoms with Gasteiger partial charge in [0.2, 0.25) is 0 Å². The molecule has 0 aliphatic carbocycles. The Hall–Kier alpha value is -2.06. The molecule has 1 aromatic heterocycles. The van der Waals surface area contributed by atoms with Crippen molar-refractivity contribution in [2.24, 2.45) is 0 Å². The van der Waals surface area contributed by atoms with E-state index in [-0.39, 0.29) is 17.1 Å². The summed E-state index contributed by atoms with van der Waals surface area (Å²) in [6.45, 7) is 2.25. The minimum absolute atomic E-state index is 0.117. The topological polar surface area (TPSA) is 84.2 Å². The van der Waals surface area contributed by atoms with E-state index in [1.165, 1.54) is 13.8 Å². The van der Waals surface area contributed by atoms with Crippen LogP contribution in [0.1, 0.15) is 11.4 Å². The van der Waals surface area contributed by atoms with Crippen LogP contribution in [-0.2, 0) is 16.1 Å². The first-order chi connectivity index (χ1) is 8.12. The maximum Gasteiger partial charge on any atom is 0.471 e. The highest BCUT2D eigenvalue weighted by atomic mass is 19.4. The van der Waals surface area contributed by atoms with Crippen LogP contribution in [0.3, 0.4) is 0 Å². The molecule has 2 N–H and O–H groups in total. The molecule has 0 aliphatic heterocycles. The average Bonchev–Trinajstić information content (AvgIpc) is 2.43. The van der Waals surface area contributed by atoms with Gasteiger partial charge in [-0.2, -0.15) is 18.3 Å². The van der Waals surface area contributed by atoms with Crippen LogP contribution >= 0.6 is 0 Å². The summed E-state index contributed by atoms with van der Waals surface area (Å²) in [6.07, 6.45) is -5.01. The molecule has 0 radical (unpaired) electrons. The Kier molecular flexibility index (Phi) is 3.63. The van der Waals surface area contributed by atoms with Gasteiger partial charge in [0.25, 0.3) is 0 Å². The summed E-state index contributed by atoms with van der Waals surface area (Å²) in [4.78, 5) is 21.3. The van der Waals surface area contributed by atoms with Gasteiger partial charge >= 0.3 is 18.1 Å². The second-order valence-electron chi connectivity index (χ2n) is 3.55. The molecule has 9 heteroatoms.